The van der Waals surface area contributed by atoms with Crippen LogP contribution in [0, 0.1) is 3.57 Å². The molecule has 21 heavy (non-hydrogen) atoms. The van der Waals surface area contributed by atoms with Crippen molar-refractivity contribution in [2.24, 2.45) is 0 Å². The first kappa shape index (κ1) is 16.3. The van der Waals surface area contributed by atoms with E-state index >= 15 is 0 Å². The van der Waals surface area contributed by atoms with Crippen molar-refractivity contribution < 1.29 is 24.1 Å². The number of amides is 1. The van der Waals surface area contributed by atoms with Crippen molar-refractivity contribution in [2.75, 3.05) is 11.9 Å². The number of nitrogens with one attached hydrogen (secondary N) is 1. The zero-order valence-electron chi connectivity index (χ0n) is 10.9. The molecule has 0 unspecified atom stereocenters. The molecule has 1 saturated heterocycles. The Hall–Kier alpha value is -1.11. The lowest BCUT2D eigenvalue weighted by molar-refractivity contribution is -0.114. The second kappa shape index (κ2) is 6.34. The number of anilines is 1. The molecule has 8 nitrogen and oxygen atoms in total. The van der Waals surface area contributed by atoms with Crippen LogP contribution in [0.1, 0.15) is 13.2 Å². The molecule has 0 bridgehead atoms. The summed E-state index contributed by atoms with van der Waals surface area (Å²) in [4.78, 5) is 26.5. The third-order valence-corrected chi connectivity index (χ3v) is 3.74. The zero-order valence-corrected chi connectivity index (χ0v) is 13.0. The van der Waals surface area contributed by atoms with Crippen LogP contribution in [-0.4, -0.2) is 50.7 Å². The van der Waals surface area contributed by atoms with E-state index in [-0.39, 0.29) is 5.82 Å². The summed E-state index contributed by atoms with van der Waals surface area (Å²) < 4.78 is 20.4. The molecule has 0 aromatic carbocycles. The molecule has 1 aromatic heterocycles. The highest BCUT2D eigenvalue weighted by molar-refractivity contribution is 14.1. The van der Waals surface area contributed by atoms with E-state index in [9.17, 15) is 19.1 Å². The largest absolute Gasteiger partial charge is 0.394 e. The van der Waals surface area contributed by atoms with Crippen molar-refractivity contribution in [1.29, 1.82) is 0 Å². The van der Waals surface area contributed by atoms with Gasteiger partial charge in [-0.2, -0.15) is 4.98 Å². The Morgan fingerprint density at radius 1 is 1.67 bits per heavy atom. The summed E-state index contributed by atoms with van der Waals surface area (Å²) in [7, 11) is 0. The van der Waals surface area contributed by atoms with Crippen LogP contribution in [0.5, 0.6) is 0 Å². The number of hydrogen-bond donors (Lipinski definition) is 3. The second-order valence-corrected chi connectivity index (χ2v) is 5.65. The standard InChI is InChI=1S/C11H13FIN3O5/c1-4(18)14-9-5(13)2-16(11(20)15-9)10-7(12)8(19)6(3-17)21-10/h2,6-8,10,17,19H,3H2,1H3,(H,14,15,18,20)/t6-,7-,8-,10-/m1/s1. The van der Waals surface area contributed by atoms with Gasteiger partial charge in [-0.05, 0) is 22.6 Å². The number of aliphatic hydroxyl groups excluding tert-OH is 2. The summed E-state index contributed by atoms with van der Waals surface area (Å²) >= 11 is 1.82. The number of aromatic nitrogens is 2. The van der Waals surface area contributed by atoms with Crippen LogP contribution >= 0.6 is 22.6 Å². The maximum atomic E-state index is 14.0. The van der Waals surface area contributed by atoms with E-state index in [1.807, 2.05) is 22.6 Å². The molecule has 1 fully saturated rings. The van der Waals surface area contributed by atoms with Gasteiger partial charge < -0.3 is 20.3 Å². The molecule has 0 spiro atoms. The van der Waals surface area contributed by atoms with E-state index in [1.54, 1.807) is 0 Å². The lowest BCUT2D eigenvalue weighted by atomic mass is 10.1. The van der Waals surface area contributed by atoms with Gasteiger partial charge in [-0.25, -0.2) is 9.18 Å². The summed E-state index contributed by atoms with van der Waals surface area (Å²) in [6, 6.07) is 0. The molecule has 0 aliphatic carbocycles. The average molecular weight is 413 g/mol. The Morgan fingerprint density at radius 2 is 2.33 bits per heavy atom. The number of halogens is 2. The summed E-state index contributed by atoms with van der Waals surface area (Å²) in [5.41, 5.74) is -0.836. The molecule has 4 atom stereocenters. The quantitative estimate of drug-likeness (QED) is 0.571. The fourth-order valence-corrected chi connectivity index (χ4v) is 2.52. The zero-order chi connectivity index (χ0) is 15.7. The van der Waals surface area contributed by atoms with Crippen molar-refractivity contribution in [3.05, 3.63) is 20.3 Å². The molecule has 1 amide bonds. The van der Waals surface area contributed by atoms with Crippen LogP contribution in [0.2, 0.25) is 0 Å². The lowest BCUT2D eigenvalue weighted by Gasteiger charge is -2.17. The number of alkyl halides is 1. The third-order valence-electron chi connectivity index (χ3n) is 2.95. The van der Waals surface area contributed by atoms with Gasteiger partial charge in [0.15, 0.2) is 18.2 Å². The van der Waals surface area contributed by atoms with Gasteiger partial charge in [0, 0.05) is 13.1 Å². The van der Waals surface area contributed by atoms with Crippen LogP contribution < -0.4 is 11.0 Å². The van der Waals surface area contributed by atoms with Gasteiger partial charge in [-0.1, -0.05) is 0 Å². The van der Waals surface area contributed by atoms with E-state index in [0.29, 0.717) is 3.57 Å². The summed E-state index contributed by atoms with van der Waals surface area (Å²) in [6.45, 7) is 0.699. The monoisotopic (exact) mass is 413 g/mol. The first-order valence-corrected chi connectivity index (χ1v) is 7.07. The van der Waals surface area contributed by atoms with E-state index < -0.39 is 42.8 Å². The topological polar surface area (TPSA) is 114 Å². The second-order valence-electron chi connectivity index (χ2n) is 4.49. The normalized spacial score (nSPS) is 28.6. The molecule has 1 aliphatic rings. The maximum absolute atomic E-state index is 14.0. The van der Waals surface area contributed by atoms with Crippen molar-refractivity contribution >= 4 is 34.3 Å². The van der Waals surface area contributed by atoms with E-state index in [4.69, 9.17) is 9.84 Å². The predicted octanol–water partition coefficient (Wildman–Crippen LogP) is -0.605. The van der Waals surface area contributed by atoms with Gasteiger partial charge in [0.05, 0.1) is 10.2 Å². The highest BCUT2D eigenvalue weighted by Gasteiger charge is 2.45. The number of rotatable bonds is 3. The number of ether oxygens (including phenoxy) is 1. The first-order chi connectivity index (χ1) is 9.85. The maximum Gasteiger partial charge on any atom is 0.351 e. The average Bonchev–Trinajstić information content (AvgIpc) is 2.69. The molecule has 2 rings (SSSR count). The van der Waals surface area contributed by atoms with Gasteiger partial charge in [0.1, 0.15) is 12.2 Å². The van der Waals surface area contributed by atoms with Crippen molar-refractivity contribution in [3.63, 3.8) is 0 Å². The lowest BCUT2D eigenvalue weighted by Crippen LogP contribution is -2.34. The molecule has 10 heteroatoms. The van der Waals surface area contributed by atoms with Crippen molar-refractivity contribution in [1.82, 2.24) is 9.55 Å². The molecule has 0 saturated carbocycles. The number of nitrogens with zero attached hydrogens (tertiary/aromatic N) is 2. The molecule has 1 aromatic rings. The number of hydrogen-bond acceptors (Lipinski definition) is 6. The van der Waals surface area contributed by atoms with Gasteiger partial charge in [-0.15, -0.1) is 0 Å². The minimum absolute atomic E-state index is 0.0667. The van der Waals surface area contributed by atoms with Crippen molar-refractivity contribution in [3.8, 4) is 0 Å². The van der Waals surface area contributed by atoms with E-state index in [2.05, 4.69) is 10.3 Å². The fraction of sp³-hybridized carbons (Fsp3) is 0.545. The Bertz CT molecular complexity index is 610. The highest BCUT2D eigenvalue weighted by atomic mass is 127. The Labute approximate surface area is 132 Å². The van der Waals surface area contributed by atoms with Gasteiger partial charge >= 0.3 is 5.69 Å². The summed E-state index contributed by atoms with van der Waals surface area (Å²) in [5, 5.41) is 20.9. The Kier molecular flexibility index (Phi) is 4.91. The predicted molar refractivity (Wildman–Crippen MR) is 77.4 cm³/mol. The molecule has 2 heterocycles. The molecule has 1 aliphatic heterocycles. The van der Waals surface area contributed by atoms with Crippen LogP contribution in [-0.2, 0) is 9.53 Å². The van der Waals surface area contributed by atoms with Gasteiger partial charge in [0.25, 0.3) is 0 Å². The number of carbonyl (C=O) groups excluding carboxylic acids is 1. The van der Waals surface area contributed by atoms with E-state index in [1.165, 1.54) is 13.1 Å². The summed E-state index contributed by atoms with van der Waals surface area (Å²) in [5.74, 6) is -0.328. The van der Waals surface area contributed by atoms with Gasteiger partial charge in [-0.3, -0.25) is 9.36 Å². The third kappa shape index (κ3) is 3.22. The van der Waals surface area contributed by atoms with E-state index in [0.717, 1.165) is 4.57 Å². The minimum atomic E-state index is -1.87. The fourth-order valence-electron chi connectivity index (χ4n) is 1.96. The smallest absolute Gasteiger partial charge is 0.351 e. The van der Waals surface area contributed by atoms with Crippen molar-refractivity contribution in [2.45, 2.75) is 31.5 Å². The van der Waals surface area contributed by atoms with Crippen LogP contribution in [0.25, 0.3) is 0 Å². The SMILES string of the molecule is CC(=O)Nc1nc(=O)n([C@@H]2O[C@H](CO)[C@@H](O)[C@H]2F)cc1I. The number of aliphatic hydroxyl groups is 2. The van der Waals surface area contributed by atoms with Crippen LogP contribution in [0.15, 0.2) is 11.0 Å². The first-order valence-electron chi connectivity index (χ1n) is 6.00. The molecule has 116 valence electrons. The molecular formula is C11H13FIN3O5. The number of carbonyl (C=O) groups is 1. The molecule has 3 N–H and O–H groups in total. The van der Waals surface area contributed by atoms with Gasteiger partial charge in [0.2, 0.25) is 5.91 Å². The molecule has 0 radical (unpaired) electrons. The summed E-state index contributed by atoms with van der Waals surface area (Å²) in [6.07, 6.45) is -4.62. The minimum Gasteiger partial charge on any atom is -0.394 e. The van der Waals surface area contributed by atoms with Crippen LogP contribution in [0.3, 0.4) is 0 Å². The highest BCUT2D eigenvalue weighted by Crippen LogP contribution is 2.31. The Balaban J connectivity index is 2.35. The molecular weight excluding hydrogens is 400 g/mol. The Morgan fingerprint density at radius 3 is 2.86 bits per heavy atom. The van der Waals surface area contributed by atoms with Crippen LogP contribution in [0.4, 0.5) is 10.2 Å².